The van der Waals surface area contributed by atoms with Gasteiger partial charge in [-0.1, -0.05) is 25.4 Å². The van der Waals surface area contributed by atoms with E-state index in [1.165, 1.54) is 0 Å². The van der Waals surface area contributed by atoms with Gasteiger partial charge in [0, 0.05) is 5.02 Å². The smallest absolute Gasteiger partial charge is 0.122 e. The molecule has 0 aromatic heterocycles. The van der Waals surface area contributed by atoms with E-state index in [0.717, 1.165) is 42.3 Å². The lowest BCUT2D eigenvalue weighted by molar-refractivity contribution is 0.206. The van der Waals surface area contributed by atoms with Crippen LogP contribution in [0.25, 0.3) is 0 Å². The Hall–Kier alpha value is -0.730. The molecule has 1 aromatic rings. The summed E-state index contributed by atoms with van der Waals surface area (Å²) < 4.78 is 5.94. The van der Waals surface area contributed by atoms with Crippen LogP contribution < -0.4 is 10.1 Å². The molecule has 0 fully saturated rings. The first-order valence-corrected chi connectivity index (χ1v) is 7.50. The van der Waals surface area contributed by atoms with E-state index >= 15 is 0 Å². The number of rotatable bonds is 8. The van der Waals surface area contributed by atoms with Gasteiger partial charge in [0.05, 0.1) is 6.10 Å². The van der Waals surface area contributed by atoms with Crippen LogP contribution in [-0.2, 0) is 0 Å². The maximum atomic E-state index is 5.94. The van der Waals surface area contributed by atoms with Crippen molar-refractivity contribution in [1.82, 2.24) is 5.32 Å². The Labute approximate surface area is 122 Å². The molecule has 0 aliphatic carbocycles. The molecular weight excluding hydrogens is 258 g/mol. The zero-order valence-electron chi connectivity index (χ0n) is 12.5. The molecule has 0 heterocycles. The maximum Gasteiger partial charge on any atom is 0.122 e. The van der Waals surface area contributed by atoms with Crippen LogP contribution in [0.4, 0.5) is 0 Å². The van der Waals surface area contributed by atoms with E-state index in [1.54, 1.807) is 0 Å². The number of halogens is 1. The first-order valence-electron chi connectivity index (χ1n) is 7.12. The van der Waals surface area contributed by atoms with Gasteiger partial charge in [-0.15, -0.1) is 0 Å². The van der Waals surface area contributed by atoms with Gasteiger partial charge in [-0.25, -0.2) is 0 Å². The molecule has 0 spiro atoms. The molecule has 0 saturated heterocycles. The van der Waals surface area contributed by atoms with E-state index in [4.69, 9.17) is 16.3 Å². The molecule has 1 rings (SSSR count). The second-order valence-corrected chi connectivity index (χ2v) is 6.01. The summed E-state index contributed by atoms with van der Waals surface area (Å²) in [6, 6.07) is 5.76. The van der Waals surface area contributed by atoms with E-state index in [2.05, 4.69) is 26.1 Å². The lowest BCUT2D eigenvalue weighted by Gasteiger charge is -2.17. The van der Waals surface area contributed by atoms with Crippen LogP contribution >= 0.6 is 11.6 Å². The summed E-state index contributed by atoms with van der Waals surface area (Å²) in [5.74, 6) is 1.65. The Morgan fingerprint density at radius 2 is 2.00 bits per heavy atom. The Bertz CT molecular complexity index is 379. The number of nitrogens with one attached hydrogen (secondary N) is 1. The number of benzene rings is 1. The molecule has 1 unspecified atom stereocenters. The lowest BCUT2D eigenvalue weighted by atomic mass is 10.2. The number of aryl methyl sites for hydroxylation is 1. The summed E-state index contributed by atoms with van der Waals surface area (Å²) in [5, 5.41) is 4.21. The van der Waals surface area contributed by atoms with Crippen LogP contribution in [0.1, 0.15) is 39.2 Å². The topological polar surface area (TPSA) is 21.3 Å². The highest BCUT2D eigenvalue weighted by Gasteiger charge is 2.06. The molecule has 0 bridgehead atoms. The predicted octanol–water partition coefficient (Wildman–Crippen LogP) is 4.44. The highest BCUT2D eigenvalue weighted by Crippen LogP contribution is 2.23. The molecule has 3 heteroatoms. The molecule has 0 aliphatic rings. The molecule has 1 aromatic carbocycles. The van der Waals surface area contributed by atoms with Gasteiger partial charge < -0.3 is 10.1 Å². The molecule has 1 atom stereocenters. The van der Waals surface area contributed by atoms with Gasteiger partial charge in [0.1, 0.15) is 5.75 Å². The SMILES string of the molecule is Cc1cc(Cl)ccc1OC(C)CCCNCC(C)C. The molecule has 108 valence electrons. The summed E-state index contributed by atoms with van der Waals surface area (Å²) in [4.78, 5) is 0. The Kier molecular flexibility index (Phi) is 7.25. The highest BCUT2D eigenvalue weighted by molar-refractivity contribution is 6.30. The van der Waals surface area contributed by atoms with E-state index in [-0.39, 0.29) is 6.10 Å². The normalized spacial score (nSPS) is 12.7. The Balaban J connectivity index is 2.25. The molecule has 1 N–H and O–H groups in total. The number of ether oxygens (including phenoxy) is 1. The van der Waals surface area contributed by atoms with Crippen molar-refractivity contribution in [3.63, 3.8) is 0 Å². The third kappa shape index (κ3) is 6.84. The van der Waals surface area contributed by atoms with Gasteiger partial charge in [-0.3, -0.25) is 0 Å². The van der Waals surface area contributed by atoms with Crippen molar-refractivity contribution >= 4 is 11.6 Å². The van der Waals surface area contributed by atoms with Gasteiger partial charge in [0.2, 0.25) is 0 Å². The van der Waals surface area contributed by atoms with Crippen molar-refractivity contribution < 1.29 is 4.74 Å². The van der Waals surface area contributed by atoms with Gasteiger partial charge in [-0.05, 0) is 69.5 Å². The Morgan fingerprint density at radius 1 is 1.26 bits per heavy atom. The van der Waals surface area contributed by atoms with Crippen molar-refractivity contribution in [2.24, 2.45) is 5.92 Å². The second kappa shape index (κ2) is 8.44. The minimum Gasteiger partial charge on any atom is -0.490 e. The predicted molar refractivity (Wildman–Crippen MR) is 83.2 cm³/mol. The molecule has 0 saturated carbocycles. The fourth-order valence-electron chi connectivity index (χ4n) is 1.93. The molecular formula is C16H26ClNO. The zero-order chi connectivity index (χ0) is 14.3. The third-order valence-corrected chi connectivity index (χ3v) is 3.22. The van der Waals surface area contributed by atoms with Crippen molar-refractivity contribution in [3.05, 3.63) is 28.8 Å². The van der Waals surface area contributed by atoms with Crippen LogP contribution in [0.5, 0.6) is 5.75 Å². The maximum absolute atomic E-state index is 5.94. The monoisotopic (exact) mass is 283 g/mol. The zero-order valence-corrected chi connectivity index (χ0v) is 13.3. The van der Waals surface area contributed by atoms with Crippen LogP contribution in [-0.4, -0.2) is 19.2 Å². The first kappa shape index (κ1) is 16.3. The minimum absolute atomic E-state index is 0.237. The fraction of sp³-hybridized carbons (Fsp3) is 0.625. The average Bonchev–Trinajstić information content (AvgIpc) is 2.32. The molecule has 2 nitrogen and oxygen atoms in total. The third-order valence-electron chi connectivity index (χ3n) is 2.98. The molecule has 19 heavy (non-hydrogen) atoms. The molecule has 0 aliphatic heterocycles. The van der Waals surface area contributed by atoms with E-state index in [0.29, 0.717) is 5.92 Å². The first-order chi connectivity index (χ1) is 8.99. The lowest BCUT2D eigenvalue weighted by Crippen LogP contribution is -2.22. The van der Waals surface area contributed by atoms with Gasteiger partial charge in [-0.2, -0.15) is 0 Å². The van der Waals surface area contributed by atoms with E-state index in [1.807, 2.05) is 25.1 Å². The number of hydrogen-bond donors (Lipinski definition) is 1. The summed E-state index contributed by atoms with van der Waals surface area (Å²) in [6.45, 7) is 10.7. The number of hydrogen-bond acceptors (Lipinski definition) is 2. The van der Waals surface area contributed by atoms with Crippen molar-refractivity contribution in [3.8, 4) is 5.75 Å². The van der Waals surface area contributed by atoms with E-state index < -0.39 is 0 Å². The minimum atomic E-state index is 0.237. The van der Waals surface area contributed by atoms with Gasteiger partial charge in [0.15, 0.2) is 0 Å². The van der Waals surface area contributed by atoms with Crippen LogP contribution in [0.15, 0.2) is 18.2 Å². The molecule has 0 radical (unpaired) electrons. The highest BCUT2D eigenvalue weighted by atomic mass is 35.5. The summed E-state index contributed by atoms with van der Waals surface area (Å²) in [5.41, 5.74) is 1.09. The van der Waals surface area contributed by atoms with E-state index in [9.17, 15) is 0 Å². The summed E-state index contributed by atoms with van der Waals surface area (Å²) in [7, 11) is 0. The largest absolute Gasteiger partial charge is 0.490 e. The van der Waals surface area contributed by atoms with Gasteiger partial charge >= 0.3 is 0 Å². The van der Waals surface area contributed by atoms with Crippen molar-refractivity contribution in [2.45, 2.75) is 46.6 Å². The second-order valence-electron chi connectivity index (χ2n) is 5.58. The van der Waals surface area contributed by atoms with Crippen LogP contribution in [0, 0.1) is 12.8 Å². The fourth-order valence-corrected chi connectivity index (χ4v) is 2.15. The summed E-state index contributed by atoms with van der Waals surface area (Å²) in [6.07, 6.45) is 2.44. The van der Waals surface area contributed by atoms with Crippen molar-refractivity contribution in [2.75, 3.05) is 13.1 Å². The summed E-state index contributed by atoms with van der Waals surface area (Å²) >= 11 is 5.93. The standard InChI is InChI=1S/C16H26ClNO/c1-12(2)11-18-9-5-6-14(4)19-16-8-7-15(17)10-13(16)3/h7-8,10,12,14,18H,5-6,9,11H2,1-4H3. The van der Waals surface area contributed by atoms with Crippen molar-refractivity contribution in [1.29, 1.82) is 0 Å². The Morgan fingerprint density at radius 3 is 2.63 bits per heavy atom. The van der Waals surface area contributed by atoms with Gasteiger partial charge in [0.25, 0.3) is 0 Å². The average molecular weight is 284 g/mol. The quantitative estimate of drug-likeness (QED) is 0.712. The molecule has 0 amide bonds. The van der Waals surface area contributed by atoms with Crippen LogP contribution in [0.3, 0.4) is 0 Å². The van der Waals surface area contributed by atoms with Crippen LogP contribution in [0.2, 0.25) is 5.02 Å².